The fourth-order valence-electron chi connectivity index (χ4n) is 3.22. The number of amides is 1. The van der Waals surface area contributed by atoms with Crippen molar-refractivity contribution in [3.05, 3.63) is 39.3 Å². The van der Waals surface area contributed by atoms with Gasteiger partial charge < -0.3 is 14.8 Å². The van der Waals surface area contributed by atoms with Gasteiger partial charge in [-0.15, -0.1) is 0 Å². The van der Waals surface area contributed by atoms with Gasteiger partial charge in [0.25, 0.3) is 5.56 Å². The van der Waals surface area contributed by atoms with E-state index >= 15 is 0 Å². The molecule has 0 saturated carbocycles. The number of hydrogen-bond acceptors (Lipinski definition) is 4. The van der Waals surface area contributed by atoms with Crippen molar-refractivity contribution in [1.82, 2.24) is 19.8 Å². The molecule has 0 bridgehead atoms. The largest absolute Gasteiger partial charge is 0.356 e. The zero-order valence-electron chi connectivity index (χ0n) is 17.3. The first-order valence-electron chi connectivity index (χ1n) is 9.84. The smallest absolute Gasteiger partial charge is 0.272 e. The van der Waals surface area contributed by atoms with Crippen molar-refractivity contribution >= 4 is 16.9 Å². The zero-order valence-corrected chi connectivity index (χ0v) is 17.3. The molecule has 0 saturated heterocycles. The molecule has 1 heterocycles. The lowest BCUT2D eigenvalue weighted by Gasteiger charge is -2.17. The maximum absolute atomic E-state index is 12.6. The van der Waals surface area contributed by atoms with Crippen LogP contribution in [0, 0.1) is 20.8 Å². The molecule has 0 fully saturated rings. The number of benzene rings is 1. The summed E-state index contributed by atoms with van der Waals surface area (Å²) in [4.78, 5) is 31.5. The first-order chi connectivity index (χ1) is 12.9. The Kier molecular flexibility index (Phi) is 7.54. The second-order valence-corrected chi connectivity index (χ2v) is 7.06. The van der Waals surface area contributed by atoms with E-state index in [1.54, 1.807) is 11.5 Å². The summed E-state index contributed by atoms with van der Waals surface area (Å²) in [5.74, 6) is -0.0205. The van der Waals surface area contributed by atoms with Crippen LogP contribution in [0.25, 0.3) is 11.0 Å². The molecule has 1 aromatic heterocycles. The number of carbonyl (C=O) groups is 1. The molecule has 27 heavy (non-hydrogen) atoms. The van der Waals surface area contributed by atoms with E-state index in [4.69, 9.17) is 0 Å². The van der Waals surface area contributed by atoms with Gasteiger partial charge in [-0.1, -0.05) is 13.8 Å². The molecule has 0 unspecified atom stereocenters. The Balaban J connectivity index is 2.02. The van der Waals surface area contributed by atoms with Crippen molar-refractivity contribution in [1.29, 1.82) is 0 Å². The predicted octanol–water partition coefficient (Wildman–Crippen LogP) is 2.56. The number of rotatable bonds is 9. The molecule has 1 aromatic carbocycles. The van der Waals surface area contributed by atoms with Gasteiger partial charge in [0.15, 0.2) is 0 Å². The van der Waals surface area contributed by atoms with Crippen LogP contribution in [0.2, 0.25) is 0 Å². The van der Waals surface area contributed by atoms with E-state index in [0.29, 0.717) is 18.8 Å². The molecule has 1 N–H and O–H groups in total. The zero-order chi connectivity index (χ0) is 20.0. The minimum absolute atomic E-state index is 0.0205. The molecule has 2 aromatic rings. The van der Waals surface area contributed by atoms with Crippen LogP contribution in [0.15, 0.2) is 16.9 Å². The lowest BCUT2D eigenvalue weighted by atomic mass is 10.1. The molecule has 0 radical (unpaired) electrons. The standard InChI is InChI=1S/C21H32N4O2/c1-6-24(7-2)11-8-10-22-20(26)9-12-25-19-14-16(4)15(3)13-18(19)23-17(5)21(25)27/h13-14H,6-12H2,1-5H3,(H,22,26). The SMILES string of the molecule is CCN(CC)CCCNC(=O)CCn1c(=O)c(C)nc2cc(C)c(C)cc21. The third-order valence-electron chi connectivity index (χ3n) is 5.15. The molecular formula is C21H32N4O2. The monoisotopic (exact) mass is 372 g/mol. The van der Waals surface area contributed by atoms with Crippen molar-refractivity contribution in [2.75, 3.05) is 26.2 Å². The second kappa shape index (κ2) is 9.65. The average Bonchev–Trinajstić information content (AvgIpc) is 2.64. The molecule has 6 nitrogen and oxygen atoms in total. The van der Waals surface area contributed by atoms with Crippen LogP contribution in [0.5, 0.6) is 0 Å². The molecule has 0 aliphatic rings. The highest BCUT2D eigenvalue weighted by Gasteiger charge is 2.11. The minimum Gasteiger partial charge on any atom is -0.356 e. The summed E-state index contributed by atoms with van der Waals surface area (Å²) in [5, 5.41) is 2.96. The molecule has 148 valence electrons. The van der Waals surface area contributed by atoms with Crippen molar-refractivity contribution in [2.45, 2.75) is 54.0 Å². The van der Waals surface area contributed by atoms with Crippen molar-refractivity contribution < 1.29 is 4.79 Å². The van der Waals surface area contributed by atoms with Crippen LogP contribution in [0.3, 0.4) is 0 Å². The Labute approximate surface area is 161 Å². The lowest BCUT2D eigenvalue weighted by molar-refractivity contribution is -0.121. The predicted molar refractivity (Wildman–Crippen MR) is 110 cm³/mol. The highest BCUT2D eigenvalue weighted by atomic mass is 16.1. The number of fused-ring (bicyclic) bond motifs is 1. The molecular weight excluding hydrogens is 340 g/mol. The van der Waals surface area contributed by atoms with E-state index in [2.05, 4.69) is 29.0 Å². The van der Waals surface area contributed by atoms with Crippen molar-refractivity contribution in [2.24, 2.45) is 0 Å². The number of aryl methyl sites for hydroxylation is 4. The number of nitrogens with one attached hydrogen (secondary N) is 1. The van der Waals surface area contributed by atoms with Gasteiger partial charge in [0.05, 0.1) is 11.0 Å². The number of hydrogen-bond donors (Lipinski definition) is 1. The van der Waals surface area contributed by atoms with E-state index in [1.165, 1.54) is 0 Å². The summed E-state index contributed by atoms with van der Waals surface area (Å²) < 4.78 is 1.68. The third-order valence-corrected chi connectivity index (χ3v) is 5.15. The third kappa shape index (κ3) is 5.39. The highest BCUT2D eigenvalue weighted by molar-refractivity contribution is 5.78. The van der Waals surface area contributed by atoms with Gasteiger partial charge in [0.1, 0.15) is 5.69 Å². The molecule has 1 amide bonds. The van der Waals surface area contributed by atoms with Gasteiger partial charge in [-0.05, 0) is 70.1 Å². The topological polar surface area (TPSA) is 67.2 Å². The molecule has 0 aliphatic heterocycles. The summed E-state index contributed by atoms with van der Waals surface area (Å²) in [6.45, 7) is 14.1. The van der Waals surface area contributed by atoms with Gasteiger partial charge >= 0.3 is 0 Å². The normalized spacial score (nSPS) is 11.3. The van der Waals surface area contributed by atoms with Gasteiger partial charge in [-0.25, -0.2) is 4.98 Å². The highest BCUT2D eigenvalue weighted by Crippen LogP contribution is 2.17. The van der Waals surface area contributed by atoms with Gasteiger partial charge in [0.2, 0.25) is 5.91 Å². The Morgan fingerprint density at radius 2 is 1.81 bits per heavy atom. The van der Waals surface area contributed by atoms with Crippen molar-refractivity contribution in [3.8, 4) is 0 Å². The van der Waals surface area contributed by atoms with Crippen LogP contribution < -0.4 is 10.9 Å². The van der Waals surface area contributed by atoms with Crippen LogP contribution in [0.4, 0.5) is 0 Å². The Morgan fingerprint density at radius 3 is 2.48 bits per heavy atom. The Morgan fingerprint density at radius 1 is 1.15 bits per heavy atom. The van der Waals surface area contributed by atoms with E-state index in [1.807, 2.05) is 26.0 Å². The summed E-state index contributed by atoms with van der Waals surface area (Å²) >= 11 is 0. The molecule has 0 aliphatic carbocycles. The summed E-state index contributed by atoms with van der Waals surface area (Å²) in [6.07, 6.45) is 1.22. The maximum atomic E-state index is 12.6. The van der Waals surface area contributed by atoms with Crippen molar-refractivity contribution in [3.63, 3.8) is 0 Å². The van der Waals surface area contributed by atoms with Gasteiger partial charge in [-0.3, -0.25) is 9.59 Å². The van der Waals surface area contributed by atoms with E-state index in [-0.39, 0.29) is 17.9 Å². The van der Waals surface area contributed by atoms with E-state index in [9.17, 15) is 9.59 Å². The fraction of sp³-hybridized carbons (Fsp3) is 0.571. The van der Waals surface area contributed by atoms with Crippen LogP contribution in [0.1, 0.15) is 43.5 Å². The second-order valence-electron chi connectivity index (χ2n) is 7.06. The molecule has 6 heteroatoms. The summed E-state index contributed by atoms with van der Waals surface area (Å²) in [6, 6.07) is 3.99. The molecule has 0 atom stereocenters. The minimum atomic E-state index is -0.125. The Bertz CT molecular complexity index is 853. The van der Waals surface area contributed by atoms with Gasteiger partial charge in [-0.2, -0.15) is 0 Å². The number of aromatic nitrogens is 2. The maximum Gasteiger partial charge on any atom is 0.272 e. The lowest BCUT2D eigenvalue weighted by Crippen LogP contribution is -2.31. The van der Waals surface area contributed by atoms with Crippen LogP contribution in [-0.2, 0) is 11.3 Å². The first-order valence-corrected chi connectivity index (χ1v) is 9.84. The number of nitrogens with zero attached hydrogens (tertiary/aromatic N) is 3. The summed E-state index contributed by atoms with van der Waals surface area (Å²) in [7, 11) is 0. The molecule has 2 rings (SSSR count). The Hall–Kier alpha value is -2.21. The average molecular weight is 373 g/mol. The number of carbonyl (C=O) groups excluding carboxylic acids is 1. The molecule has 0 spiro atoms. The fourth-order valence-corrected chi connectivity index (χ4v) is 3.22. The first kappa shape index (κ1) is 21.1. The van der Waals surface area contributed by atoms with E-state index < -0.39 is 0 Å². The van der Waals surface area contributed by atoms with Gasteiger partial charge in [0, 0.05) is 19.5 Å². The van der Waals surface area contributed by atoms with Crippen LogP contribution >= 0.6 is 0 Å². The van der Waals surface area contributed by atoms with E-state index in [0.717, 1.165) is 48.2 Å². The quantitative estimate of drug-likeness (QED) is 0.687. The van der Waals surface area contributed by atoms with Crippen LogP contribution in [-0.4, -0.2) is 46.5 Å². The summed E-state index contributed by atoms with van der Waals surface area (Å²) in [5.41, 5.74) is 4.19.